The number of halogens is 1. The number of fused-ring (bicyclic) bond motifs is 1. The summed E-state index contributed by atoms with van der Waals surface area (Å²) >= 11 is 5.96. The fraction of sp³-hybridized carbons (Fsp3) is 0.333. The van der Waals surface area contributed by atoms with Crippen LogP contribution in [0.2, 0.25) is 5.02 Å². The number of hydrogen-bond donors (Lipinski definition) is 1. The maximum atomic E-state index is 5.96. The lowest BCUT2D eigenvalue weighted by Gasteiger charge is -2.19. The lowest BCUT2D eigenvalue weighted by Crippen LogP contribution is -2.10. The van der Waals surface area contributed by atoms with E-state index in [-0.39, 0.29) is 5.41 Å². The zero-order chi connectivity index (χ0) is 14.3. The van der Waals surface area contributed by atoms with Crippen molar-refractivity contribution in [1.29, 1.82) is 0 Å². The second kappa shape index (κ2) is 4.82. The molecule has 2 aromatic carbocycles. The minimum absolute atomic E-state index is 0.202. The first-order valence-corrected chi connectivity index (χ1v) is 7.47. The maximum Gasteiger partial charge on any atom is 0.0555 e. The van der Waals surface area contributed by atoms with Gasteiger partial charge in [0.25, 0.3) is 0 Å². The van der Waals surface area contributed by atoms with E-state index in [0.29, 0.717) is 6.04 Å². The highest BCUT2D eigenvalue weighted by Gasteiger charge is 2.24. The fourth-order valence-corrected chi connectivity index (χ4v) is 2.85. The van der Waals surface area contributed by atoms with Crippen LogP contribution in [0.15, 0.2) is 42.5 Å². The van der Waals surface area contributed by atoms with Gasteiger partial charge < -0.3 is 5.32 Å². The predicted molar refractivity (Wildman–Crippen MR) is 86.7 cm³/mol. The summed E-state index contributed by atoms with van der Waals surface area (Å²) in [4.78, 5) is 0. The van der Waals surface area contributed by atoms with Gasteiger partial charge in [0.05, 0.1) is 6.04 Å². The molecule has 1 aliphatic rings. The van der Waals surface area contributed by atoms with Gasteiger partial charge in [0.15, 0.2) is 0 Å². The fourth-order valence-electron chi connectivity index (χ4n) is 2.72. The summed E-state index contributed by atoms with van der Waals surface area (Å²) in [6.45, 7) is 6.77. The van der Waals surface area contributed by atoms with E-state index >= 15 is 0 Å². The Morgan fingerprint density at radius 2 is 1.75 bits per heavy atom. The lowest BCUT2D eigenvalue weighted by atomic mass is 9.85. The van der Waals surface area contributed by atoms with Crippen LogP contribution in [0.1, 0.15) is 43.5 Å². The molecule has 2 heteroatoms. The van der Waals surface area contributed by atoms with Crippen LogP contribution in [0, 0.1) is 0 Å². The number of hydrogen-bond acceptors (Lipinski definition) is 1. The molecule has 0 amide bonds. The third kappa shape index (κ3) is 2.55. The Morgan fingerprint density at radius 3 is 2.40 bits per heavy atom. The molecule has 0 bridgehead atoms. The highest BCUT2D eigenvalue weighted by Crippen LogP contribution is 2.37. The Labute approximate surface area is 126 Å². The van der Waals surface area contributed by atoms with Crippen LogP contribution in [0.4, 0.5) is 5.69 Å². The zero-order valence-electron chi connectivity index (χ0n) is 12.2. The molecule has 1 heterocycles. The van der Waals surface area contributed by atoms with E-state index in [4.69, 9.17) is 11.6 Å². The quantitative estimate of drug-likeness (QED) is 0.745. The van der Waals surface area contributed by atoms with Crippen molar-refractivity contribution in [1.82, 2.24) is 0 Å². The summed E-state index contributed by atoms with van der Waals surface area (Å²) in [6, 6.07) is 15.3. The minimum atomic E-state index is 0.202. The van der Waals surface area contributed by atoms with Crippen LogP contribution in [0.3, 0.4) is 0 Å². The topological polar surface area (TPSA) is 12.0 Å². The van der Waals surface area contributed by atoms with E-state index in [1.54, 1.807) is 0 Å². The standard InChI is InChI=1S/C18H20ClN/c1-18(2,3)14-6-9-16-13(10-14)11-17(20-16)12-4-7-15(19)8-5-12/h4-10,17,20H,11H2,1-3H3. The van der Waals surface area contributed by atoms with Crippen molar-refractivity contribution < 1.29 is 0 Å². The van der Waals surface area contributed by atoms with Crippen molar-refractivity contribution in [2.75, 3.05) is 5.32 Å². The highest BCUT2D eigenvalue weighted by atomic mass is 35.5. The first-order valence-electron chi connectivity index (χ1n) is 7.09. The minimum Gasteiger partial charge on any atom is -0.378 e. The highest BCUT2D eigenvalue weighted by molar-refractivity contribution is 6.30. The molecule has 0 saturated heterocycles. The van der Waals surface area contributed by atoms with Gasteiger partial charge in [0.2, 0.25) is 0 Å². The normalized spacial score (nSPS) is 17.7. The summed E-state index contributed by atoms with van der Waals surface area (Å²) in [5.41, 5.74) is 5.57. The molecule has 2 aromatic rings. The number of rotatable bonds is 1. The SMILES string of the molecule is CC(C)(C)c1ccc2c(c1)CC(c1ccc(Cl)cc1)N2. The molecule has 1 atom stereocenters. The molecule has 1 nitrogen and oxygen atoms in total. The summed E-state index contributed by atoms with van der Waals surface area (Å²) in [5, 5.41) is 4.40. The predicted octanol–water partition coefficient (Wildman–Crippen LogP) is 5.35. The average Bonchev–Trinajstić information content (AvgIpc) is 2.81. The van der Waals surface area contributed by atoms with E-state index < -0.39 is 0 Å². The van der Waals surface area contributed by atoms with E-state index in [1.807, 2.05) is 12.1 Å². The Morgan fingerprint density at radius 1 is 1.05 bits per heavy atom. The molecular weight excluding hydrogens is 266 g/mol. The van der Waals surface area contributed by atoms with Gasteiger partial charge in [-0.15, -0.1) is 0 Å². The van der Waals surface area contributed by atoms with Crippen LogP contribution in [0.5, 0.6) is 0 Å². The molecule has 0 aromatic heterocycles. The molecule has 1 aliphatic heterocycles. The monoisotopic (exact) mass is 285 g/mol. The van der Waals surface area contributed by atoms with Crippen molar-refractivity contribution in [3.63, 3.8) is 0 Å². The Bertz CT molecular complexity index is 623. The molecule has 1 unspecified atom stereocenters. The summed E-state index contributed by atoms with van der Waals surface area (Å²) in [5.74, 6) is 0. The largest absolute Gasteiger partial charge is 0.378 e. The van der Waals surface area contributed by atoms with Crippen LogP contribution >= 0.6 is 11.6 Å². The van der Waals surface area contributed by atoms with E-state index in [9.17, 15) is 0 Å². The van der Waals surface area contributed by atoms with Crippen molar-refractivity contribution >= 4 is 17.3 Å². The molecule has 20 heavy (non-hydrogen) atoms. The van der Waals surface area contributed by atoms with Crippen molar-refractivity contribution in [3.05, 3.63) is 64.2 Å². The number of nitrogens with one attached hydrogen (secondary N) is 1. The van der Waals surface area contributed by atoms with Crippen LogP contribution < -0.4 is 5.32 Å². The molecule has 104 valence electrons. The number of anilines is 1. The van der Waals surface area contributed by atoms with Gasteiger partial charge in [-0.1, -0.05) is 56.6 Å². The molecule has 0 spiro atoms. The molecular formula is C18H20ClN. The Balaban J connectivity index is 1.87. The second-order valence-electron chi connectivity index (χ2n) is 6.57. The third-order valence-corrected chi connectivity index (χ3v) is 4.25. The summed E-state index contributed by atoms with van der Waals surface area (Å²) in [6.07, 6.45) is 1.04. The van der Waals surface area contributed by atoms with Gasteiger partial charge in [-0.2, -0.15) is 0 Å². The van der Waals surface area contributed by atoms with E-state index in [2.05, 4.69) is 56.4 Å². The van der Waals surface area contributed by atoms with Crippen LogP contribution in [-0.2, 0) is 11.8 Å². The number of benzene rings is 2. The zero-order valence-corrected chi connectivity index (χ0v) is 13.0. The van der Waals surface area contributed by atoms with Crippen LogP contribution in [0.25, 0.3) is 0 Å². The lowest BCUT2D eigenvalue weighted by molar-refractivity contribution is 0.589. The molecule has 0 radical (unpaired) electrons. The van der Waals surface area contributed by atoms with Crippen molar-refractivity contribution in [3.8, 4) is 0 Å². The first-order chi connectivity index (χ1) is 9.43. The van der Waals surface area contributed by atoms with Gasteiger partial charge in [-0.25, -0.2) is 0 Å². The van der Waals surface area contributed by atoms with E-state index in [1.165, 1.54) is 22.4 Å². The smallest absolute Gasteiger partial charge is 0.0555 e. The first kappa shape index (κ1) is 13.5. The third-order valence-electron chi connectivity index (χ3n) is 4.00. The van der Waals surface area contributed by atoms with Gasteiger partial charge >= 0.3 is 0 Å². The Hall–Kier alpha value is -1.47. The molecule has 0 fully saturated rings. The van der Waals surface area contributed by atoms with Crippen molar-refractivity contribution in [2.24, 2.45) is 0 Å². The van der Waals surface area contributed by atoms with Gasteiger partial charge in [0.1, 0.15) is 0 Å². The molecule has 0 saturated carbocycles. The summed E-state index contributed by atoms with van der Waals surface area (Å²) < 4.78 is 0. The summed E-state index contributed by atoms with van der Waals surface area (Å²) in [7, 11) is 0. The van der Waals surface area contributed by atoms with Gasteiger partial charge in [-0.3, -0.25) is 0 Å². The average molecular weight is 286 g/mol. The second-order valence-corrected chi connectivity index (χ2v) is 7.01. The molecule has 3 rings (SSSR count). The van der Waals surface area contributed by atoms with Crippen molar-refractivity contribution in [2.45, 2.75) is 38.6 Å². The van der Waals surface area contributed by atoms with Gasteiger partial charge in [0, 0.05) is 10.7 Å². The van der Waals surface area contributed by atoms with Crippen LogP contribution in [-0.4, -0.2) is 0 Å². The van der Waals surface area contributed by atoms with Gasteiger partial charge in [-0.05, 0) is 46.7 Å². The Kier molecular flexibility index (Phi) is 3.25. The van der Waals surface area contributed by atoms with E-state index in [0.717, 1.165) is 11.4 Å². The maximum absolute atomic E-state index is 5.96. The molecule has 0 aliphatic carbocycles. The molecule has 1 N–H and O–H groups in total.